The molecule has 1 aromatic heterocycles. The summed E-state index contributed by atoms with van der Waals surface area (Å²) >= 11 is 3.40. The van der Waals surface area contributed by atoms with Crippen molar-refractivity contribution >= 4 is 24.2 Å². The number of aromatic nitrogens is 2. The third-order valence-corrected chi connectivity index (χ3v) is 8.05. The van der Waals surface area contributed by atoms with Gasteiger partial charge in [-0.25, -0.2) is 4.98 Å². The lowest BCUT2D eigenvalue weighted by atomic mass is 10.2. The Bertz CT molecular complexity index is 253. The van der Waals surface area contributed by atoms with Crippen molar-refractivity contribution in [2.24, 2.45) is 0 Å². The Hall–Kier alpha value is -0.133. The SMILES string of the molecule is CC(C)(C)[Si](C)(C)OCCCBr.c1c[nH]cn1. The van der Waals surface area contributed by atoms with Crippen molar-refractivity contribution in [3.05, 3.63) is 18.7 Å². The molecule has 0 unspecified atom stereocenters. The van der Waals surface area contributed by atoms with Crippen molar-refractivity contribution in [2.45, 2.75) is 45.3 Å². The van der Waals surface area contributed by atoms with Crippen LogP contribution in [0.4, 0.5) is 0 Å². The van der Waals surface area contributed by atoms with E-state index in [0.717, 1.165) is 18.4 Å². The van der Waals surface area contributed by atoms with E-state index in [1.54, 1.807) is 18.7 Å². The van der Waals surface area contributed by atoms with E-state index in [1.165, 1.54) is 0 Å². The Morgan fingerprint density at radius 3 is 2.29 bits per heavy atom. The highest BCUT2D eigenvalue weighted by atomic mass is 79.9. The molecule has 17 heavy (non-hydrogen) atoms. The molecule has 0 bridgehead atoms. The zero-order valence-electron chi connectivity index (χ0n) is 11.6. The van der Waals surface area contributed by atoms with Gasteiger partial charge in [0.15, 0.2) is 8.32 Å². The fourth-order valence-corrected chi connectivity index (χ4v) is 2.13. The molecule has 1 rings (SSSR count). The van der Waals surface area contributed by atoms with E-state index in [-0.39, 0.29) is 0 Å². The Kier molecular flexibility index (Phi) is 7.99. The summed E-state index contributed by atoms with van der Waals surface area (Å²) in [5.74, 6) is 0. The van der Waals surface area contributed by atoms with Gasteiger partial charge in [0.25, 0.3) is 0 Å². The lowest BCUT2D eigenvalue weighted by molar-refractivity contribution is 0.289. The van der Waals surface area contributed by atoms with Crippen LogP contribution in [0, 0.1) is 0 Å². The van der Waals surface area contributed by atoms with Crippen LogP contribution < -0.4 is 0 Å². The Balaban J connectivity index is 0.000000419. The first-order valence-corrected chi connectivity index (χ1v) is 9.97. The largest absolute Gasteiger partial charge is 0.417 e. The van der Waals surface area contributed by atoms with E-state index in [2.05, 4.69) is 59.8 Å². The zero-order chi connectivity index (χ0) is 13.4. The standard InChI is InChI=1S/C9H21BrOSi.C3H4N2/c1-9(2,3)12(4,5)11-8-6-7-10;1-2-5-3-4-1/h6-8H2,1-5H3;1-3H,(H,4,5). The summed E-state index contributed by atoms with van der Waals surface area (Å²) < 4.78 is 5.94. The summed E-state index contributed by atoms with van der Waals surface area (Å²) in [7, 11) is -1.46. The highest BCUT2D eigenvalue weighted by Gasteiger charge is 2.36. The molecule has 0 fully saturated rings. The Morgan fingerprint density at radius 1 is 1.35 bits per heavy atom. The average Bonchev–Trinajstić information content (AvgIpc) is 2.73. The van der Waals surface area contributed by atoms with Gasteiger partial charge in [0.05, 0.1) is 6.33 Å². The summed E-state index contributed by atoms with van der Waals surface area (Å²) in [6.45, 7) is 12.3. The highest BCUT2D eigenvalue weighted by Crippen LogP contribution is 2.36. The number of imidazole rings is 1. The van der Waals surface area contributed by atoms with Crippen molar-refractivity contribution < 1.29 is 4.43 Å². The number of aromatic amines is 1. The van der Waals surface area contributed by atoms with E-state index < -0.39 is 8.32 Å². The second-order valence-corrected chi connectivity index (χ2v) is 11.0. The van der Waals surface area contributed by atoms with Gasteiger partial charge in [0, 0.05) is 24.3 Å². The summed E-state index contributed by atoms with van der Waals surface area (Å²) in [4.78, 5) is 6.42. The molecule has 0 atom stereocenters. The first kappa shape index (κ1) is 16.9. The van der Waals surface area contributed by atoms with E-state index in [1.807, 2.05) is 0 Å². The first-order valence-electron chi connectivity index (χ1n) is 5.94. The summed E-state index contributed by atoms with van der Waals surface area (Å²) in [5, 5.41) is 1.39. The van der Waals surface area contributed by atoms with Crippen molar-refractivity contribution in [3.8, 4) is 0 Å². The number of rotatable bonds is 4. The minimum atomic E-state index is -1.46. The summed E-state index contributed by atoms with van der Waals surface area (Å²) in [5.41, 5.74) is 0. The van der Waals surface area contributed by atoms with Gasteiger partial charge in [0.2, 0.25) is 0 Å². The fourth-order valence-electron chi connectivity index (χ4n) is 0.814. The van der Waals surface area contributed by atoms with Gasteiger partial charge in [0.1, 0.15) is 0 Å². The highest BCUT2D eigenvalue weighted by molar-refractivity contribution is 9.09. The molecule has 1 N–H and O–H groups in total. The second-order valence-electron chi connectivity index (χ2n) is 5.41. The number of nitrogens with zero attached hydrogens (tertiary/aromatic N) is 1. The first-order chi connectivity index (χ1) is 7.81. The number of H-pyrrole nitrogens is 1. The predicted octanol–water partition coefficient (Wildman–Crippen LogP) is 4.20. The molecule has 0 aliphatic carbocycles. The maximum Gasteiger partial charge on any atom is 0.191 e. The van der Waals surface area contributed by atoms with Crippen LogP contribution in [0.5, 0.6) is 0 Å². The molecule has 0 aliphatic rings. The van der Waals surface area contributed by atoms with Gasteiger partial charge in [-0.15, -0.1) is 0 Å². The van der Waals surface area contributed by atoms with E-state index in [4.69, 9.17) is 4.43 Å². The topological polar surface area (TPSA) is 37.9 Å². The predicted molar refractivity (Wildman–Crippen MR) is 80.1 cm³/mol. The van der Waals surface area contributed by atoms with Crippen LogP contribution in [0.15, 0.2) is 18.7 Å². The lowest BCUT2D eigenvalue weighted by Gasteiger charge is -2.36. The number of hydrogen-bond donors (Lipinski definition) is 1. The molecule has 5 heteroatoms. The molecule has 0 radical (unpaired) electrons. The van der Waals surface area contributed by atoms with Gasteiger partial charge in [-0.05, 0) is 24.6 Å². The second kappa shape index (κ2) is 8.05. The molecule has 0 aliphatic heterocycles. The minimum Gasteiger partial charge on any atom is -0.417 e. The molecule has 0 saturated heterocycles. The summed E-state index contributed by atoms with van der Waals surface area (Å²) in [6, 6.07) is 0. The zero-order valence-corrected chi connectivity index (χ0v) is 14.2. The van der Waals surface area contributed by atoms with Crippen LogP contribution in [-0.2, 0) is 4.43 Å². The maximum absolute atomic E-state index is 5.94. The third-order valence-electron chi connectivity index (χ3n) is 2.95. The van der Waals surface area contributed by atoms with Crippen LogP contribution in [0.1, 0.15) is 27.2 Å². The molecular weight excluding hydrogens is 296 g/mol. The van der Waals surface area contributed by atoms with E-state index in [0.29, 0.717) is 5.04 Å². The third kappa shape index (κ3) is 7.73. The molecule has 0 spiro atoms. The van der Waals surface area contributed by atoms with Gasteiger partial charge < -0.3 is 9.41 Å². The molecule has 100 valence electrons. The van der Waals surface area contributed by atoms with Gasteiger partial charge in [-0.3, -0.25) is 0 Å². The van der Waals surface area contributed by atoms with Crippen LogP contribution in [-0.4, -0.2) is 30.2 Å². The molecule has 1 heterocycles. The van der Waals surface area contributed by atoms with E-state index >= 15 is 0 Å². The van der Waals surface area contributed by atoms with E-state index in [9.17, 15) is 0 Å². The molecule has 0 aromatic carbocycles. The molecule has 3 nitrogen and oxygen atoms in total. The fraction of sp³-hybridized carbons (Fsp3) is 0.750. The quantitative estimate of drug-likeness (QED) is 0.513. The maximum atomic E-state index is 5.94. The molecule has 1 aromatic rings. The molecule has 0 amide bonds. The minimum absolute atomic E-state index is 0.347. The van der Waals surface area contributed by atoms with Crippen molar-refractivity contribution in [1.82, 2.24) is 9.97 Å². The number of alkyl halides is 1. The molecular formula is C12H25BrN2OSi. The van der Waals surface area contributed by atoms with Gasteiger partial charge >= 0.3 is 0 Å². The Morgan fingerprint density at radius 2 is 2.00 bits per heavy atom. The van der Waals surface area contributed by atoms with Crippen molar-refractivity contribution in [3.63, 3.8) is 0 Å². The lowest BCUT2D eigenvalue weighted by Crippen LogP contribution is -2.41. The van der Waals surface area contributed by atoms with Crippen LogP contribution in [0.3, 0.4) is 0 Å². The number of halogens is 1. The van der Waals surface area contributed by atoms with Crippen molar-refractivity contribution in [2.75, 3.05) is 11.9 Å². The molecule has 0 saturated carbocycles. The Labute approximate surface area is 115 Å². The normalized spacial score (nSPS) is 11.9. The monoisotopic (exact) mass is 320 g/mol. The smallest absolute Gasteiger partial charge is 0.191 e. The van der Waals surface area contributed by atoms with Crippen LogP contribution in [0.25, 0.3) is 0 Å². The average molecular weight is 321 g/mol. The van der Waals surface area contributed by atoms with Crippen LogP contribution >= 0.6 is 15.9 Å². The van der Waals surface area contributed by atoms with Gasteiger partial charge in [-0.1, -0.05) is 36.7 Å². The number of hydrogen-bond acceptors (Lipinski definition) is 2. The van der Waals surface area contributed by atoms with Gasteiger partial charge in [-0.2, -0.15) is 0 Å². The number of nitrogens with one attached hydrogen (secondary N) is 1. The van der Waals surface area contributed by atoms with Crippen LogP contribution in [0.2, 0.25) is 18.1 Å². The summed E-state index contributed by atoms with van der Waals surface area (Å²) in [6.07, 6.45) is 6.20. The van der Waals surface area contributed by atoms with Crippen molar-refractivity contribution in [1.29, 1.82) is 0 Å².